The summed E-state index contributed by atoms with van der Waals surface area (Å²) in [5, 5.41) is 46.4. The topological polar surface area (TPSA) is 155 Å². The van der Waals surface area contributed by atoms with Gasteiger partial charge >= 0.3 is 12.1 Å². The van der Waals surface area contributed by atoms with Crippen LogP contribution in [-0.4, -0.2) is 69.1 Å². The third-order valence-electron chi connectivity index (χ3n) is 10.7. The van der Waals surface area contributed by atoms with Gasteiger partial charge in [0, 0.05) is 41.7 Å². The van der Waals surface area contributed by atoms with Crippen LogP contribution >= 0.6 is 0 Å². The van der Waals surface area contributed by atoms with Crippen LogP contribution in [0.3, 0.4) is 0 Å². The van der Waals surface area contributed by atoms with E-state index in [0.717, 1.165) is 5.57 Å². The van der Waals surface area contributed by atoms with Crippen LogP contribution in [0, 0.1) is 41.4 Å². The molecule has 0 bridgehead atoms. The maximum absolute atomic E-state index is 13.1. The minimum Gasteiger partial charge on any atom is -0.462 e. The number of benzene rings is 2. The SMILES string of the molecule is C=C/C=C\[C@H](C)[C@H](OC(=O)Nc1ccc(Oc2ccccc2)cc1)[C@@H](C)[C@H](O)[C@@H](C)C/C(C)=C\[C@H](C)[C@@H](O)C(C)/C=C\[C@@H](O)CC1OC(=O)[C@H](C)[C@@H](O)[C@H]1C. The highest BCUT2D eigenvalue weighted by atomic mass is 16.6. The van der Waals surface area contributed by atoms with Crippen molar-refractivity contribution in [3.05, 3.63) is 103 Å². The number of cyclic esters (lactones) is 1. The second kappa shape index (κ2) is 21.8. The summed E-state index contributed by atoms with van der Waals surface area (Å²) in [6.07, 6.45) is 6.24. The van der Waals surface area contributed by atoms with Crippen LogP contribution in [0.25, 0.3) is 0 Å². The van der Waals surface area contributed by atoms with Gasteiger partial charge in [-0.05, 0) is 62.6 Å². The number of allylic oxidation sites excluding steroid dienone is 3. The molecular formula is C45H63NO9. The molecule has 1 fully saturated rings. The number of aliphatic hydroxyl groups excluding tert-OH is 4. The van der Waals surface area contributed by atoms with Gasteiger partial charge in [-0.1, -0.05) is 108 Å². The monoisotopic (exact) mass is 761 g/mol. The molecule has 302 valence electrons. The Labute approximate surface area is 327 Å². The second-order valence-electron chi connectivity index (χ2n) is 15.5. The lowest BCUT2D eigenvalue weighted by Crippen LogP contribution is -2.47. The molecule has 13 atom stereocenters. The quantitative estimate of drug-likeness (QED) is 0.0541. The van der Waals surface area contributed by atoms with Crippen molar-refractivity contribution in [2.24, 2.45) is 41.4 Å². The third-order valence-corrected chi connectivity index (χ3v) is 10.7. The molecule has 1 amide bonds. The highest BCUT2D eigenvalue weighted by molar-refractivity contribution is 5.84. The molecule has 3 rings (SSSR count). The summed E-state index contributed by atoms with van der Waals surface area (Å²) >= 11 is 0. The summed E-state index contributed by atoms with van der Waals surface area (Å²) in [7, 11) is 0. The van der Waals surface area contributed by atoms with Crippen LogP contribution in [0.2, 0.25) is 0 Å². The summed E-state index contributed by atoms with van der Waals surface area (Å²) in [6.45, 7) is 18.7. The number of hydrogen-bond acceptors (Lipinski definition) is 9. The highest BCUT2D eigenvalue weighted by Crippen LogP contribution is 2.31. The van der Waals surface area contributed by atoms with Crippen LogP contribution < -0.4 is 10.1 Å². The first-order chi connectivity index (χ1) is 26.0. The summed E-state index contributed by atoms with van der Waals surface area (Å²) in [4.78, 5) is 25.2. The van der Waals surface area contributed by atoms with Gasteiger partial charge in [0.2, 0.25) is 0 Å². The summed E-state index contributed by atoms with van der Waals surface area (Å²) in [6, 6.07) is 16.4. The Morgan fingerprint density at radius 2 is 1.53 bits per heavy atom. The number of rotatable bonds is 19. The van der Waals surface area contributed by atoms with E-state index in [2.05, 4.69) is 11.9 Å². The molecule has 10 heteroatoms. The number of carbonyl (C=O) groups excluding carboxylic acids is 2. The van der Waals surface area contributed by atoms with Gasteiger partial charge in [-0.25, -0.2) is 4.79 Å². The first-order valence-corrected chi connectivity index (χ1v) is 19.4. The number of anilines is 1. The minimum absolute atomic E-state index is 0.155. The van der Waals surface area contributed by atoms with Crippen LogP contribution in [0.15, 0.2) is 103 Å². The van der Waals surface area contributed by atoms with Gasteiger partial charge in [-0.2, -0.15) is 0 Å². The molecule has 1 heterocycles. The Morgan fingerprint density at radius 3 is 2.16 bits per heavy atom. The molecule has 2 aromatic rings. The van der Waals surface area contributed by atoms with Crippen LogP contribution in [0.1, 0.15) is 68.2 Å². The largest absolute Gasteiger partial charge is 0.462 e. The van der Waals surface area contributed by atoms with Crippen molar-refractivity contribution in [2.45, 2.75) is 105 Å². The van der Waals surface area contributed by atoms with Crippen LogP contribution in [-0.2, 0) is 14.3 Å². The Balaban J connectivity index is 1.57. The molecule has 5 N–H and O–H groups in total. The molecule has 1 aliphatic heterocycles. The van der Waals surface area contributed by atoms with E-state index in [1.165, 1.54) is 0 Å². The highest BCUT2D eigenvalue weighted by Gasteiger charge is 2.41. The van der Waals surface area contributed by atoms with E-state index in [1.54, 1.807) is 62.4 Å². The van der Waals surface area contributed by atoms with Crippen molar-refractivity contribution >= 4 is 17.7 Å². The number of ether oxygens (including phenoxy) is 3. The molecule has 2 unspecified atom stereocenters. The molecule has 0 radical (unpaired) electrons. The fourth-order valence-corrected chi connectivity index (χ4v) is 7.17. The molecule has 2 aromatic carbocycles. The Bertz CT molecular complexity index is 1590. The fourth-order valence-electron chi connectivity index (χ4n) is 7.17. The first-order valence-electron chi connectivity index (χ1n) is 19.4. The van der Waals surface area contributed by atoms with Gasteiger partial charge in [-0.15, -0.1) is 0 Å². The molecule has 10 nitrogen and oxygen atoms in total. The molecule has 1 saturated heterocycles. The van der Waals surface area contributed by atoms with E-state index >= 15 is 0 Å². The third kappa shape index (κ3) is 13.8. The van der Waals surface area contributed by atoms with Crippen molar-refractivity contribution in [1.82, 2.24) is 0 Å². The van der Waals surface area contributed by atoms with Gasteiger partial charge in [0.25, 0.3) is 0 Å². The fraction of sp³-hybridized carbons (Fsp3) is 0.511. The lowest BCUT2D eigenvalue weighted by molar-refractivity contribution is -0.179. The van der Waals surface area contributed by atoms with E-state index in [9.17, 15) is 30.0 Å². The number of para-hydroxylation sites is 1. The second-order valence-corrected chi connectivity index (χ2v) is 15.5. The van der Waals surface area contributed by atoms with E-state index in [4.69, 9.17) is 14.2 Å². The number of carbonyl (C=O) groups is 2. The molecular weight excluding hydrogens is 698 g/mol. The smallest absolute Gasteiger partial charge is 0.411 e. The van der Waals surface area contributed by atoms with E-state index in [-0.39, 0.29) is 36.0 Å². The maximum atomic E-state index is 13.1. The van der Waals surface area contributed by atoms with Crippen molar-refractivity contribution in [3.8, 4) is 11.5 Å². The minimum atomic E-state index is -0.909. The van der Waals surface area contributed by atoms with E-state index < -0.39 is 60.5 Å². The predicted octanol–water partition coefficient (Wildman–Crippen LogP) is 8.24. The molecule has 0 spiro atoms. The number of esters is 1. The molecule has 1 aliphatic rings. The Hall–Kier alpha value is -4.22. The first kappa shape index (κ1) is 45.2. The van der Waals surface area contributed by atoms with Gasteiger partial charge in [0.15, 0.2) is 0 Å². The maximum Gasteiger partial charge on any atom is 0.411 e. The van der Waals surface area contributed by atoms with E-state index in [1.807, 2.05) is 84.0 Å². The standard InChI is InChI=1S/C45H63NO9/c1-10-11-15-29(4)43(55-45(52)46-35-19-22-38(23-20-35)53-37-16-13-12-14-17-37)33(8)41(49)31(6)25-27(2)24-30(5)40(48)28(3)18-21-36(47)26-39-32(7)42(50)34(9)44(51)54-39/h10-24,28-34,36,39-43,47-50H,1,25-26H2,2-9H3,(H,46,52)/b15-11-,21-18-,27-24-/t28?,29-,30-,31-,32-,33-,34+,36+,39?,40-,41+,42-,43-/m0/s1. The van der Waals surface area contributed by atoms with Gasteiger partial charge in [0.1, 0.15) is 23.7 Å². The lowest BCUT2D eigenvalue weighted by atomic mass is 9.81. The predicted molar refractivity (Wildman–Crippen MR) is 216 cm³/mol. The average Bonchev–Trinajstić information content (AvgIpc) is 3.16. The lowest BCUT2D eigenvalue weighted by Gasteiger charge is -2.36. The van der Waals surface area contributed by atoms with Crippen molar-refractivity contribution < 1.29 is 44.2 Å². The molecule has 0 aromatic heterocycles. The Morgan fingerprint density at radius 1 is 0.891 bits per heavy atom. The van der Waals surface area contributed by atoms with E-state index in [0.29, 0.717) is 23.6 Å². The average molecular weight is 762 g/mol. The number of amides is 1. The van der Waals surface area contributed by atoms with Crippen molar-refractivity contribution in [3.63, 3.8) is 0 Å². The summed E-state index contributed by atoms with van der Waals surface area (Å²) in [5.41, 5.74) is 1.53. The van der Waals surface area contributed by atoms with Crippen LogP contribution in [0.4, 0.5) is 10.5 Å². The van der Waals surface area contributed by atoms with Crippen molar-refractivity contribution in [2.75, 3.05) is 5.32 Å². The zero-order valence-electron chi connectivity index (χ0n) is 33.6. The number of aliphatic hydroxyl groups is 4. The number of hydrogen-bond donors (Lipinski definition) is 5. The van der Waals surface area contributed by atoms with Crippen LogP contribution in [0.5, 0.6) is 11.5 Å². The molecule has 0 aliphatic carbocycles. The zero-order chi connectivity index (χ0) is 40.8. The summed E-state index contributed by atoms with van der Waals surface area (Å²) in [5.74, 6) is -1.40. The van der Waals surface area contributed by atoms with Crippen molar-refractivity contribution in [1.29, 1.82) is 0 Å². The van der Waals surface area contributed by atoms with Gasteiger partial charge < -0.3 is 34.6 Å². The normalized spacial score (nSPS) is 24.1. The number of nitrogens with one attached hydrogen (secondary N) is 1. The zero-order valence-corrected chi connectivity index (χ0v) is 33.6. The Kier molecular flexibility index (Phi) is 17.9. The molecule has 0 saturated carbocycles. The molecule has 55 heavy (non-hydrogen) atoms. The van der Waals surface area contributed by atoms with Gasteiger partial charge in [0.05, 0.1) is 30.3 Å². The van der Waals surface area contributed by atoms with Gasteiger partial charge in [-0.3, -0.25) is 10.1 Å². The summed E-state index contributed by atoms with van der Waals surface area (Å²) < 4.78 is 17.3.